The third-order valence-corrected chi connectivity index (χ3v) is 28.4. The van der Waals surface area contributed by atoms with Crippen molar-refractivity contribution in [3.05, 3.63) is 24.3 Å². The quantitative estimate of drug-likeness (QED) is 0.0296. The lowest BCUT2D eigenvalue weighted by molar-refractivity contribution is -0.139. The van der Waals surface area contributed by atoms with Crippen LogP contribution in [0.3, 0.4) is 0 Å². The standard InChI is InChI=1S/C32H70O9Si6/c1-28(2)31(33)35-22-18-20-24-42(6,7)39-44(10,11)26-27-45(12,13)41-47(16,17)38-30(5)37-46(14,15)40-43(8,9)25-21-19-23-36-32(34)29(3)4/h30H,1,3,18-27H2,2,4-17H3. The molecule has 0 bridgehead atoms. The highest BCUT2D eigenvalue weighted by molar-refractivity contribution is 6.87. The first-order valence-corrected chi connectivity index (χ1v) is 35.3. The molecule has 1 atom stereocenters. The molecule has 0 fully saturated rings. The van der Waals surface area contributed by atoms with Crippen LogP contribution in [0.4, 0.5) is 0 Å². The Morgan fingerprint density at radius 2 is 0.809 bits per heavy atom. The van der Waals surface area contributed by atoms with Crippen molar-refractivity contribution in [2.24, 2.45) is 0 Å². The van der Waals surface area contributed by atoms with Gasteiger partial charge < -0.3 is 30.7 Å². The molecule has 0 aromatic heterocycles. The van der Waals surface area contributed by atoms with Crippen molar-refractivity contribution >= 4 is 62.3 Å². The molecule has 0 aromatic rings. The largest absolute Gasteiger partial charge is 0.462 e. The number of carbonyl (C=O) groups excluding carboxylic acids is 2. The number of unbranched alkanes of at least 4 members (excludes halogenated alkanes) is 2. The van der Waals surface area contributed by atoms with Gasteiger partial charge in [-0.15, -0.1) is 0 Å². The Bertz CT molecular complexity index is 1030. The number of hydrogen-bond acceptors (Lipinski definition) is 9. The van der Waals surface area contributed by atoms with E-state index in [9.17, 15) is 9.59 Å². The van der Waals surface area contributed by atoms with Crippen molar-refractivity contribution in [3.8, 4) is 0 Å². The van der Waals surface area contributed by atoms with Crippen LogP contribution in [0.5, 0.6) is 0 Å². The molecule has 9 nitrogen and oxygen atoms in total. The molecule has 0 aliphatic rings. The van der Waals surface area contributed by atoms with Crippen LogP contribution >= 0.6 is 0 Å². The molecule has 0 rings (SSSR count). The van der Waals surface area contributed by atoms with Gasteiger partial charge in [0.1, 0.15) is 6.29 Å². The van der Waals surface area contributed by atoms with Gasteiger partial charge in [0, 0.05) is 11.1 Å². The molecule has 15 heteroatoms. The number of ether oxygens (including phenoxy) is 2. The summed E-state index contributed by atoms with van der Waals surface area (Å²) in [5, 5.41) is 0. The lowest BCUT2D eigenvalue weighted by atomic mass is 10.3. The first-order valence-electron chi connectivity index (χ1n) is 17.2. The van der Waals surface area contributed by atoms with Crippen LogP contribution in [0.2, 0.25) is 103 Å². The lowest BCUT2D eigenvalue weighted by Gasteiger charge is -2.40. The van der Waals surface area contributed by atoms with Crippen LogP contribution in [-0.4, -0.2) is 81.8 Å². The van der Waals surface area contributed by atoms with Gasteiger partial charge in [0.25, 0.3) is 0 Å². The Labute approximate surface area is 294 Å². The first kappa shape index (κ1) is 46.5. The maximum atomic E-state index is 11.6. The van der Waals surface area contributed by atoms with Crippen LogP contribution in [-0.2, 0) is 40.3 Å². The zero-order valence-corrected chi connectivity index (χ0v) is 38.7. The lowest BCUT2D eigenvalue weighted by Crippen LogP contribution is -2.52. The van der Waals surface area contributed by atoms with E-state index in [0.717, 1.165) is 49.9 Å². The van der Waals surface area contributed by atoms with Crippen molar-refractivity contribution in [1.29, 1.82) is 0 Å². The highest BCUT2D eigenvalue weighted by Crippen LogP contribution is 2.30. The van der Waals surface area contributed by atoms with Crippen LogP contribution in [0.25, 0.3) is 0 Å². The van der Waals surface area contributed by atoms with E-state index in [-0.39, 0.29) is 11.9 Å². The summed E-state index contributed by atoms with van der Waals surface area (Å²) in [6, 6.07) is 4.09. The van der Waals surface area contributed by atoms with E-state index in [1.54, 1.807) is 13.8 Å². The average Bonchev–Trinajstić information content (AvgIpc) is 2.83. The Morgan fingerprint density at radius 3 is 1.15 bits per heavy atom. The van der Waals surface area contributed by atoms with Crippen LogP contribution < -0.4 is 0 Å². The number of esters is 2. The normalized spacial score (nSPS) is 14.1. The maximum absolute atomic E-state index is 11.6. The summed E-state index contributed by atoms with van der Waals surface area (Å²) < 4.78 is 43.7. The van der Waals surface area contributed by atoms with Crippen LogP contribution in [0.1, 0.15) is 46.5 Å². The highest BCUT2D eigenvalue weighted by atomic mass is 28.4. The van der Waals surface area contributed by atoms with Crippen LogP contribution in [0.15, 0.2) is 24.3 Å². The predicted molar refractivity (Wildman–Crippen MR) is 209 cm³/mol. The number of rotatable bonds is 25. The fourth-order valence-corrected chi connectivity index (χ4v) is 33.1. The van der Waals surface area contributed by atoms with Crippen LogP contribution in [0, 0.1) is 0 Å². The molecule has 0 heterocycles. The third kappa shape index (κ3) is 23.5. The summed E-state index contributed by atoms with van der Waals surface area (Å²) in [4.78, 5) is 23.2. The van der Waals surface area contributed by atoms with Gasteiger partial charge in [-0.2, -0.15) is 0 Å². The van der Waals surface area contributed by atoms with Gasteiger partial charge in [-0.3, -0.25) is 0 Å². The molecule has 0 aliphatic heterocycles. The summed E-state index contributed by atoms with van der Waals surface area (Å²) in [6.45, 7) is 40.0. The number of carbonyl (C=O) groups is 2. The third-order valence-electron chi connectivity index (χ3n) is 7.34. The minimum absolute atomic E-state index is 0.315. The summed E-state index contributed by atoms with van der Waals surface area (Å²) >= 11 is 0. The zero-order chi connectivity index (χ0) is 36.9. The second-order valence-corrected chi connectivity index (χ2v) is 40.8. The molecule has 0 aliphatic carbocycles. The fourth-order valence-electron chi connectivity index (χ4n) is 5.64. The monoisotopic (exact) mass is 766 g/mol. The molecule has 0 N–H and O–H groups in total. The van der Waals surface area contributed by atoms with E-state index in [2.05, 4.69) is 91.7 Å². The van der Waals surface area contributed by atoms with Gasteiger partial charge >= 0.3 is 29.1 Å². The Morgan fingerprint density at radius 1 is 0.511 bits per heavy atom. The Kier molecular flexibility index (Phi) is 19.6. The van der Waals surface area contributed by atoms with E-state index in [4.69, 9.17) is 30.7 Å². The van der Waals surface area contributed by atoms with Gasteiger partial charge in [0.2, 0.25) is 0 Å². The summed E-state index contributed by atoms with van der Waals surface area (Å²) in [7, 11) is -12.7. The van der Waals surface area contributed by atoms with E-state index in [1.807, 2.05) is 6.92 Å². The number of hydrogen-bond donors (Lipinski definition) is 0. The molecule has 1 unspecified atom stereocenters. The Balaban J connectivity index is 4.80. The molecule has 276 valence electrons. The smallest absolute Gasteiger partial charge is 0.333 e. The fraction of sp³-hybridized carbons (Fsp3) is 0.812. The SMILES string of the molecule is C=C(C)C(=O)OCCCC[Si](C)(C)O[Si](C)(C)CC[Si](C)(C)O[Si](C)(C)OC(C)O[Si](C)(C)O[Si](C)(C)CCCCOC(=O)C(=C)C. The second kappa shape index (κ2) is 19.8. The van der Waals surface area contributed by atoms with Crippen molar-refractivity contribution in [2.75, 3.05) is 13.2 Å². The molecule has 0 saturated heterocycles. The van der Waals surface area contributed by atoms with Crippen molar-refractivity contribution in [1.82, 2.24) is 0 Å². The predicted octanol–water partition coefficient (Wildman–Crippen LogP) is 9.44. The summed E-state index contributed by atoms with van der Waals surface area (Å²) in [6.07, 6.45) is 3.16. The maximum Gasteiger partial charge on any atom is 0.333 e. The zero-order valence-electron chi connectivity index (χ0n) is 32.7. The van der Waals surface area contributed by atoms with Gasteiger partial charge in [-0.1, -0.05) is 26.0 Å². The highest BCUT2D eigenvalue weighted by Gasteiger charge is 2.41. The molecule has 0 saturated carbocycles. The van der Waals surface area contributed by atoms with Crippen molar-refractivity contribution in [3.63, 3.8) is 0 Å². The summed E-state index contributed by atoms with van der Waals surface area (Å²) in [5.41, 5.74) is 0.864. The van der Waals surface area contributed by atoms with Crippen molar-refractivity contribution < 1.29 is 40.3 Å². The van der Waals surface area contributed by atoms with E-state index < -0.39 is 56.7 Å². The molecule has 0 aromatic carbocycles. The van der Waals surface area contributed by atoms with E-state index >= 15 is 0 Å². The minimum atomic E-state index is -2.48. The molecule has 0 spiro atoms. The minimum Gasteiger partial charge on any atom is -0.462 e. The topological polar surface area (TPSA) is 98.8 Å². The molecular weight excluding hydrogens is 697 g/mol. The molecule has 0 radical (unpaired) electrons. The van der Waals surface area contributed by atoms with Gasteiger partial charge in [-0.05, 0) is 136 Å². The first-order chi connectivity index (χ1) is 21.1. The summed E-state index contributed by atoms with van der Waals surface area (Å²) in [5.74, 6) is -0.648. The molecule has 47 heavy (non-hydrogen) atoms. The Hall–Kier alpha value is -0.479. The van der Waals surface area contributed by atoms with Gasteiger partial charge in [0.05, 0.1) is 13.2 Å². The van der Waals surface area contributed by atoms with E-state index in [1.165, 1.54) is 0 Å². The molecule has 0 amide bonds. The molecular formula is C32H70O9Si6. The second-order valence-electron chi connectivity index (χ2n) is 16.2. The van der Waals surface area contributed by atoms with Crippen molar-refractivity contribution in [2.45, 2.75) is 155 Å². The van der Waals surface area contributed by atoms with E-state index in [0.29, 0.717) is 24.4 Å². The van der Waals surface area contributed by atoms with Gasteiger partial charge in [0.15, 0.2) is 33.3 Å². The van der Waals surface area contributed by atoms with Gasteiger partial charge in [-0.25, -0.2) is 9.59 Å². The average molecular weight is 767 g/mol.